The van der Waals surface area contributed by atoms with E-state index < -0.39 is 124 Å². The van der Waals surface area contributed by atoms with Gasteiger partial charge in [-0.25, -0.2) is 0 Å². The molecule has 0 aromatic rings. The van der Waals surface area contributed by atoms with Crippen molar-refractivity contribution in [2.45, 2.75) is 375 Å². The molecule has 12 N–H and O–H groups in total. The monoisotopic (exact) mass is 1250 g/mol. The topological polar surface area (TPSA) is 307 Å². The molecule has 512 valence electrons. The summed E-state index contributed by atoms with van der Waals surface area (Å²) in [5.74, 6) is -0.255. The predicted octanol–water partition coefficient (Wildman–Crippen LogP) is 9.05. The lowest BCUT2D eigenvalue weighted by molar-refractivity contribution is -0.379. The highest BCUT2D eigenvalue weighted by Crippen LogP contribution is 2.33. The molecule has 0 aliphatic carbocycles. The molecule has 19 nitrogen and oxygen atoms in total. The summed E-state index contributed by atoms with van der Waals surface area (Å²) < 4.78 is 34.4. The predicted molar refractivity (Wildman–Crippen MR) is 337 cm³/mol. The van der Waals surface area contributed by atoms with Gasteiger partial charge in [-0.3, -0.25) is 4.79 Å². The number of carbonyl (C=O) groups excluding carboxylic acids is 1. The number of unbranched alkanes of at least 4 members (excludes halogenated alkanes) is 34. The number of ether oxygens (including phenoxy) is 6. The summed E-state index contributed by atoms with van der Waals surface area (Å²) in [6, 6.07) is -0.893. The van der Waals surface area contributed by atoms with E-state index in [4.69, 9.17) is 28.4 Å². The highest BCUT2D eigenvalue weighted by atomic mass is 16.8. The number of rotatable bonds is 54. The second-order valence-corrected chi connectivity index (χ2v) is 25.3. The van der Waals surface area contributed by atoms with Gasteiger partial charge in [0.2, 0.25) is 5.91 Å². The molecule has 3 heterocycles. The van der Waals surface area contributed by atoms with E-state index in [9.17, 15) is 61.0 Å². The van der Waals surface area contributed by atoms with Crippen LogP contribution < -0.4 is 5.32 Å². The van der Waals surface area contributed by atoms with Gasteiger partial charge in [-0.1, -0.05) is 250 Å². The van der Waals surface area contributed by atoms with Crippen LogP contribution in [0.2, 0.25) is 0 Å². The van der Waals surface area contributed by atoms with Gasteiger partial charge >= 0.3 is 0 Å². The van der Waals surface area contributed by atoms with Gasteiger partial charge in [0.15, 0.2) is 18.9 Å². The van der Waals surface area contributed by atoms with Gasteiger partial charge in [-0.15, -0.1) is 0 Å². The van der Waals surface area contributed by atoms with Crippen LogP contribution in [0.25, 0.3) is 0 Å². The van der Waals surface area contributed by atoms with Gasteiger partial charge in [-0.05, 0) is 38.5 Å². The first-order chi connectivity index (χ1) is 42.3. The third-order valence-electron chi connectivity index (χ3n) is 17.8. The minimum absolute atomic E-state index is 0.251. The van der Waals surface area contributed by atoms with Crippen molar-refractivity contribution >= 4 is 5.91 Å². The van der Waals surface area contributed by atoms with E-state index in [-0.39, 0.29) is 18.9 Å². The van der Waals surface area contributed by atoms with Crippen molar-refractivity contribution in [2.24, 2.45) is 0 Å². The fourth-order valence-corrected chi connectivity index (χ4v) is 12.1. The molecule has 17 atom stereocenters. The maximum absolute atomic E-state index is 13.4. The Morgan fingerprint density at radius 2 is 0.782 bits per heavy atom. The van der Waals surface area contributed by atoms with E-state index >= 15 is 0 Å². The molecule has 1 amide bonds. The van der Waals surface area contributed by atoms with Crippen LogP contribution in [0.1, 0.15) is 271 Å². The highest BCUT2D eigenvalue weighted by Gasteiger charge is 2.53. The lowest BCUT2D eigenvalue weighted by Gasteiger charge is -2.48. The van der Waals surface area contributed by atoms with Crippen LogP contribution in [0, 0.1) is 0 Å². The SMILES string of the molecule is CCC/C=C\C/C=C\CCCCCCCC(=O)NC(COC1OC(CO)C(OC2OC(CO)C(OC3OC(CO)C(O)C(O)C3O)C(O)C2O)C(O)C1O)C(O)CCCCCCCCCCCCCCCCCCCCCCCCCCCCCCC. The van der Waals surface area contributed by atoms with Crippen LogP contribution in [-0.4, -0.2) is 193 Å². The van der Waals surface area contributed by atoms with Crippen molar-refractivity contribution in [3.63, 3.8) is 0 Å². The number of carbonyl (C=O) groups is 1. The Balaban J connectivity index is 1.38. The summed E-state index contributed by atoms with van der Waals surface area (Å²) in [4.78, 5) is 13.4. The van der Waals surface area contributed by atoms with Crippen LogP contribution in [-0.2, 0) is 33.2 Å². The molecule has 3 rings (SSSR count). The molecule has 87 heavy (non-hydrogen) atoms. The zero-order valence-electron chi connectivity index (χ0n) is 54.0. The summed E-state index contributed by atoms with van der Waals surface area (Å²) >= 11 is 0. The molecule has 3 fully saturated rings. The van der Waals surface area contributed by atoms with Crippen molar-refractivity contribution in [3.05, 3.63) is 24.3 Å². The number of aliphatic hydroxyl groups is 11. The maximum Gasteiger partial charge on any atom is 0.220 e. The van der Waals surface area contributed by atoms with E-state index in [1.807, 2.05) is 0 Å². The smallest absolute Gasteiger partial charge is 0.220 e. The number of aliphatic hydroxyl groups excluding tert-OH is 11. The van der Waals surface area contributed by atoms with Gasteiger partial charge in [0.25, 0.3) is 0 Å². The summed E-state index contributed by atoms with van der Waals surface area (Å²) in [6.07, 6.45) is 30.0. The standard InChI is InChI=1S/C68H127NO18/c1-3-5-7-9-11-13-15-17-18-19-20-21-22-23-24-25-26-27-28-29-30-31-32-34-35-37-39-41-43-45-52(73)51(69-56(74)46-44-42-40-38-36-33-16-14-12-10-8-6-4-2)50-82-66-62(80)59(77)64(54(48-71)84-66)87-68-63(81)60(78)65(55(49-72)85-68)86-67-61(79)58(76)57(75)53(47-70)83-67/h8,10,14,16,51-55,57-68,70-73,75-81H,3-7,9,11-13,15,17-50H2,1-2H3,(H,69,74)/b10-8-,16-14-. The van der Waals surface area contributed by atoms with Gasteiger partial charge in [0, 0.05) is 6.42 Å². The molecule has 0 bridgehead atoms. The Labute approximate surface area is 524 Å². The zero-order valence-corrected chi connectivity index (χ0v) is 54.0. The van der Waals surface area contributed by atoms with Crippen LogP contribution in [0.15, 0.2) is 24.3 Å². The fraction of sp³-hybridized carbons (Fsp3) is 0.926. The van der Waals surface area contributed by atoms with Crippen molar-refractivity contribution in [3.8, 4) is 0 Å². The minimum atomic E-state index is -1.97. The number of nitrogens with one attached hydrogen (secondary N) is 1. The largest absolute Gasteiger partial charge is 0.394 e. The molecule has 19 heteroatoms. The fourth-order valence-electron chi connectivity index (χ4n) is 12.1. The molecule has 0 aromatic carbocycles. The second kappa shape index (κ2) is 50.8. The summed E-state index contributed by atoms with van der Waals surface area (Å²) in [5, 5.41) is 121. The molecule has 0 radical (unpaired) electrons. The maximum atomic E-state index is 13.4. The number of amides is 1. The van der Waals surface area contributed by atoms with Crippen LogP contribution in [0.5, 0.6) is 0 Å². The molecular weight excluding hydrogens is 1120 g/mol. The summed E-state index contributed by atoms with van der Waals surface area (Å²) in [5.41, 5.74) is 0. The molecule has 0 spiro atoms. The molecule has 0 saturated carbocycles. The normalized spacial score (nSPS) is 28.7. The van der Waals surface area contributed by atoms with E-state index in [0.717, 1.165) is 77.0 Å². The second-order valence-electron chi connectivity index (χ2n) is 25.3. The van der Waals surface area contributed by atoms with Crippen LogP contribution >= 0.6 is 0 Å². The van der Waals surface area contributed by atoms with Gasteiger partial charge in [0.1, 0.15) is 73.2 Å². The number of allylic oxidation sites excluding steroid dienone is 4. The van der Waals surface area contributed by atoms with Gasteiger partial charge in [0.05, 0.1) is 38.6 Å². The first kappa shape index (κ1) is 79.5. The third-order valence-corrected chi connectivity index (χ3v) is 17.8. The average Bonchev–Trinajstić information content (AvgIpc) is 2.79. The Morgan fingerprint density at radius 3 is 1.22 bits per heavy atom. The Bertz CT molecular complexity index is 1680. The Hall–Kier alpha value is -1.73. The zero-order chi connectivity index (χ0) is 63.3. The Kier molecular flexibility index (Phi) is 46.4. The van der Waals surface area contributed by atoms with E-state index in [1.165, 1.54) is 161 Å². The van der Waals surface area contributed by atoms with E-state index in [0.29, 0.717) is 12.8 Å². The van der Waals surface area contributed by atoms with Crippen molar-refractivity contribution < 1.29 is 89.4 Å². The van der Waals surface area contributed by atoms with E-state index in [1.54, 1.807) is 0 Å². The Morgan fingerprint density at radius 1 is 0.414 bits per heavy atom. The first-order valence-corrected chi connectivity index (χ1v) is 35.1. The lowest BCUT2D eigenvalue weighted by Crippen LogP contribution is -2.66. The number of hydrogen-bond donors (Lipinski definition) is 12. The lowest BCUT2D eigenvalue weighted by atomic mass is 9.96. The average molecular weight is 1250 g/mol. The van der Waals surface area contributed by atoms with Crippen molar-refractivity contribution in [2.75, 3.05) is 26.4 Å². The van der Waals surface area contributed by atoms with Crippen LogP contribution in [0.4, 0.5) is 0 Å². The molecule has 3 aliphatic rings. The number of hydrogen-bond acceptors (Lipinski definition) is 18. The summed E-state index contributed by atoms with van der Waals surface area (Å²) in [6.45, 7) is 1.74. The van der Waals surface area contributed by atoms with Crippen molar-refractivity contribution in [1.29, 1.82) is 0 Å². The summed E-state index contributed by atoms with van der Waals surface area (Å²) in [7, 11) is 0. The molecule has 17 unspecified atom stereocenters. The minimum Gasteiger partial charge on any atom is -0.394 e. The highest BCUT2D eigenvalue weighted by molar-refractivity contribution is 5.76. The third kappa shape index (κ3) is 33.1. The molecule has 0 aromatic heterocycles. The van der Waals surface area contributed by atoms with E-state index in [2.05, 4.69) is 43.5 Å². The van der Waals surface area contributed by atoms with Gasteiger partial charge < -0.3 is 89.9 Å². The van der Waals surface area contributed by atoms with Gasteiger partial charge in [-0.2, -0.15) is 0 Å². The van der Waals surface area contributed by atoms with Crippen molar-refractivity contribution in [1.82, 2.24) is 5.32 Å². The molecule has 3 saturated heterocycles. The first-order valence-electron chi connectivity index (χ1n) is 35.1. The molecule has 3 aliphatic heterocycles. The quantitative estimate of drug-likeness (QED) is 0.0200. The van der Waals surface area contributed by atoms with Crippen LogP contribution in [0.3, 0.4) is 0 Å². The molecular formula is C68H127NO18.